The second-order valence-corrected chi connectivity index (χ2v) is 18.5. The Balaban J connectivity index is 1.40. The van der Waals surface area contributed by atoms with Crippen LogP contribution in [0.4, 0.5) is 14.0 Å². The van der Waals surface area contributed by atoms with Crippen LogP contribution in [0.2, 0.25) is 0 Å². The minimum Gasteiger partial charge on any atom is -0.444 e. The van der Waals surface area contributed by atoms with Crippen LogP contribution in [-0.2, 0) is 51.8 Å². The molecule has 2 aliphatic heterocycles. The first-order valence-electron chi connectivity index (χ1n) is 18.1. The van der Waals surface area contributed by atoms with E-state index in [2.05, 4.69) is 21.9 Å². The second-order valence-electron chi connectivity index (χ2n) is 16.6. The van der Waals surface area contributed by atoms with E-state index in [4.69, 9.17) is 9.47 Å². The van der Waals surface area contributed by atoms with Crippen LogP contribution in [0.5, 0.6) is 0 Å². The molecule has 1 saturated heterocycles. The fourth-order valence-corrected chi connectivity index (χ4v) is 8.04. The Hall–Kier alpha value is -4.54. The number of likely N-dealkylation sites (tertiary alicyclic amines) is 1. The van der Waals surface area contributed by atoms with Gasteiger partial charge in [-0.2, -0.15) is 0 Å². The van der Waals surface area contributed by atoms with E-state index in [0.717, 1.165) is 4.90 Å². The topological polar surface area (TPSA) is 198 Å². The van der Waals surface area contributed by atoms with Gasteiger partial charge in [0.1, 0.15) is 40.9 Å². The fraction of sp³-hybridized carbons (Fsp3) is 0.622. The fourth-order valence-electron chi connectivity index (χ4n) is 6.68. The number of hydrogen-bond acceptors (Lipinski definition) is 10. The van der Waals surface area contributed by atoms with Crippen molar-refractivity contribution in [3.8, 4) is 0 Å². The van der Waals surface area contributed by atoms with Crippen LogP contribution in [0.3, 0.4) is 0 Å². The molecule has 3 N–H and O–H groups in total. The van der Waals surface area contributed by atoms with Gasteiger partial charge in [-0.05, 0) is 58.1 Å². The number of halogens is 1. The predicted octanol–water partition coefficient (Wildman–Crippen LogP) is 3.21. The number of sulfonamides is 1. The number of amides is 5. The van der Waals surface area contributed by atoms with E-state index in [-0.39, 0.29) is 51.1 Å². The Bertz CT molecular complexity index is 1840. The van der Waals surface area contributed by atoms with Crippen molar-refractivity contribution in [2.75, 3.05) is 6.54 Å². The molecule has 2 heterocycles. The number of rotatable bonds is 12. The van der Waals surface area contributed by atoms with Gasteiger partial charge in [0.2, 0.25) is 21.8 Å². The van der Waals surface area contributed by atoms with Crippen molar-refractivity contribution in [1.82, 2.24) is 25.2 Å². The number of nitrogens with zero attached hydrogens (tertiary/aromatic N) is 2. The van der Waals surface area contributed by atoms with E-state index >= 15 is 0 Å². The van der Waals surface area contributed by atoms with Gasteiger partial charge in [-0.1, -0.05) is 39.0 Å². The van der Waals surface area contributed by atoms with Crippen molar-refractivity contribution >= 4 is 45.7 Å². The number of benzene rings is 1. The van der Waals surface area contributed by atoms with Crippen LogP contribution in [0, 0.1) is 17.2 Å². The van der Waals surface area contributed by atoms with Crippen molar-refractivity contribution in [3.63, 3.8) is 0 Å². The summed E-state index contributed by atoms with van der Waals surface area (Å²) < 4.78 is 53.0. The number of carbonyl (C=O) groups is 6. The van der Waals surface area contributed by atoms with Gasteiger partial charge in [0.15, 0.2) is 0 Å². The molecule has 0 radical (unpaired) electrons. The lowest BCUT2D eigenvalue weighted by Gasteiger charge is -2.30. The zero-order valence-corrected chi connectivity index (χ0v) is 32.3. The standard InChI is InChI=1S/C37H50FN5O10S/c1-8-22-17-37(22,32(47)41-54(50,51)24-12-13-24)40-30(45)28-16-23(52-34(49)42-18-21-10-9-11-26(38)25(21)20-42)19-43(28)31(46)27(14-15-29(44)35(2,3)4)39-33(48)53-36(5,6)7/h8-11,22-24,27-28H,1,12-20H2,2-7H3,(H,39,48)(H,40,45)(H,41,47)/t22-,23-,27+,28+,37-/m1/s1. The molecule has 5 rings (SSSR count). The highest BCUT2D eigenvalue weighted by Gasteiger charge is 2.62. The molecule has 15 nitrogen and oxygen atoms in total. The van der Waals surface area contributed by atoms with Gasteiger partial charge in [0.05, 0.1) is 18.3 Å². The van der Waals surface area contributed by atoms with E-state index in [1.54, 1.807) is 47.6 Å². The molecule has 1 aromatic rings. The van der Waals surface area contributed by atoms with E-state index < -0.39 is 91.7 Å². The third kappa shape index (κ3) is 9.21. The summed E-state index contributed by atoms with van der Waals surface area (Å²) in [5.41, 5.74) is -2.38. The molecule has 1 aromatic carbocycles. The quantitative estimate of drug-likeness (QED) is 0.265. The first-order chi connectivity index (χ1) is 25.0. The molecule has 0 aromatic heterocycles. The number of hydrogen-bond donors (Lipinski definition) is 3. The zero-order valence-electron chi connectivity index (χ0n) is 31.5. The molecule has 3 fully saturated rings. The SMILES string of the molecule is C=C[C@@H]1C[C@]1(NC(=O)[C@@H]1C[C@@H](OC(=O)N2Cc3cccc(F)c3C2)CN1C(=O)[C@H](CCC(=O)C(C)(C)C)NC(=O)OC(C)(C)C)C(=O)NS(=O)(=O)C1CC1. The summed E-state index contributed by atoms with van der Waals surface area (Å²) in [6.07, 6.45) is -0.989. The maximum absolute atomic E-state index is 14.4. The molecule has 17 heteroatoms. The summed E-state index contributed by atoms with van der Waals surface area (Å²) >= 11 is 0. The first-order valence-corrected chi connectivity index (χ1v) is 19.6. The van der Waals surface area contributed by atoms with Crippen LogP contribution in [-0.4, -0.2) is 95.0 Å². The number of ether oxygens (including phenoxy) is 2. The van der Waals surface area contributed by atoms with E-state index in [0.29, 0.717) is 24.0 Å². The number of carbonyl (C=O) groups excluding carboxylic acids is 6. The lowest BCUT2D eigenvalue weighted by molar-refractivity contribution is -0.141. The normalized spacial score (nSPS) is 24.2. The van der Waals surface area contributed by atoms with Crippen molar-refractivity contribution in [1.29, 1.82) is 0 Å². The van der Waals surface area contributed by atoms with Crippen LogP contribution < -0.4 is 15.4 Å². The molecule has 0 unspecified atom stereocenters. The Morgan fingerprint density at radius 3 is 2.33 bits per heavy atom. The second kappa shape index (κ2) is 14.9. The molecule has 5 amide bonds. The van der Waals surface area contributed by atoms with Gasteiger partial charge in [-0.15, -0.1) is 6.58 Å². The van der Waals surface area contributed by atoms with Crippen LogP contribution in [0.1, 0.15) is 91.2 Å². The molecule has 0 bridgehead atoms. The van der Waals surface area contributed by atoms with Gasteiger partial charge >= 0.3 is 12.2 Å². The highest BCUT2D eigenvalue weighted by molar-refractivity contribution is 7.91. The molecule has 0 spiro atoms. The Kier molecular flexibility index (Phi) is 11.2. The zero-order chi connectivity index (χ0) is 40.0. The predicted molar refractivity (Wildman–Crippen MR) is 192 cm³/mol. The highest BCUT2D eigenvalue weighted by Crippen LogP contribution is 2.45. The van der Waals surface area contributed by atoms with Crippen molar-refractivity contribution in [2.45, 2.75) is 128 Å². The molecule has 4 aliphatic rings. The van der Waals surface area contributed by atoms with E-state index in [1.807, 2.05) is 0 Å². The van der Waals surface area contributed by atoms with Gasteiger partial charge < -0.3 is 25.0 Å². The van der Waals surface area contributed by atoms with Gasteiger partial charge in [0, 0.05) is 36.3 Å². The highest BCUT2D eigenvalue weighted by atomic mass is 32.2. The summed E-state index contributed by atoms with van der Waals surface area (Å²) in [6, 6.07) is 1.81. The summed E-state index contributed by atoms with van der Waals surface area (Å²) in [5.74, 6) is -3.80. The minimum absolute atomic E-state index is 0.0475. The smallest absolute Gasteiger partial charge is 0.410 e. The van der Waals surface area contributed by atoms with Crippen LogP contribution in [0.15, 0.2) is 30.9 Å². The van der Waals surface area contributed by atoms with Crippen LogP contribution in [0.25, 0.3) is 0 Å². The van der Waals surface area contributed by atoms with E-state index in [9.17, 15) is 41.6 Å². The largest absolute Gasteiger partial charge is 0.444 e. The maximum atomic E-state index is 14.4. The van der Waals surface area contributed by atoms with E-state index in [1.165, 1.54) is 23.1 Å². The Morgan fingerprint density at radius 1 is 1.07 bits per heavy atom. The van der Waals surface area contributed by atoms with Gasteiger partial charge in [0.25, 0.3) is 5.91 Å². The molecule has 296 valence electrons. The first kappa shape index (κ1) is 40.6. The Labute approximate surface area is 314 Å². The monoisotopic (exact) mass is 775 g/mol. The number of nitrogens with one attached hydrogen (secondary N) is 3. The third-order valence-electron chi connectivity index (χ3n) is 10.0. The molecule has 2 saturated carbocycles. The molecule has 5 atom stereocenters. The van der Waals surface area contributed by atoms with Crippen LogP contribution >= 0.6 is 0 Å². The lowest BCUT2D eigenvalue weighted by Crippen LogP contribution is -2.58. The molecule has 2 aliphatic carbocycles. The summed E-state index contributed by atoms with van der Waals surface area (Å²) in [4.78, 5) is 83.7. The third-order valence-corrected chi connectivity index (χ3v) is 11.9. The molecular weight excluding hydrogens is 725 g/mol. The molecular formula is C37H50FN5O10S. The maximum Gasteiger partial charge on any atom is 0.410 e. The van der Waals surface area contributed by atoms with Crippen molar-refractivity contribution < 1.29 is 51.0 Å². The summed E-state index contributed by atoms with van der Waals surface area (Å²) in [6.45, 7) is 13.5. The Morgan fingerprint density at radius 2 is 1.76 bits per heavy atom. The number of alkyl carbamates (subject to hydrolysis) is 1. The summed E-state index contributed by atoms with van der Waals surface area (Å²) in [7, 11) is -3.97. The number of fused-ring (bicyclic) bond motifs is 1. The van der Waals surface area contributed by atoms with Gasteiger partial charge in [-0.25, -0.2) is 22.4 Å². The number of Topliss-reactive ketones (excluding diaryl/α,β-unsaturated/α-hetero) is 1. The van der Waals surface area contributed by atoms with Crippen molar-refractivity contribution in [2.24, 2.45) is 11.3 Å². The average molecular weight is 776 g/mol. The minimum atomic E-state index is -3.97. The average Bonchev–Trinajstić information content (AvgIpc) is 3.95. The molecule has 54 heavy (non-hydrogen) atoms. The lowest BCUT2D eigenvalue weighted by atomic mass is 9.87. The number of ketones is 1. The van der Waals surface area contributed by atoms with Gasteiger partial charge in [-0.3, -0.25) is 28.8 Å². The summed E-state index contributed by atoms with van der Waals surface area (Å²) in [5, 5.41) is 4.50. The van der Waals surface area contributed by atoms with Crippen molar-refractivity contribution in [3.05, 3.63) is 47.8 Å².